The van der Waals surface area contributed by atoms with Crippen molar-refractivity contribution in [2.75, 3.05) is 11.5 Å². The quantitative estimate of drug-likeness (QED) is 0.440. The van der Waals surface area contributed by atoms with Gasteiger partial charge in [0, 0.05) is 5.41 Å². The van der Waals surface area contributed by atoms with Crippen LogP contribution in [0, 0.1) is 0 Å². The van der Waals surface area contributed by atoms with Crippen molar-refractivity contribution in [2.24, 2.45) is 0 Å². The fraction of sp³-hybridized carbons (Fsp3) is 0.200. The number of nitrogen functional groups attached to an aromatic ring is 2. The molecule has 0 fully saturated rings. The topological polar surface area (TPSA) is 92.5 Å². The molecule has 2 aromatic rings. The fourth-order valence-electron chi connectivity index (χ4n) is 2.83. The summed E-state index contributed by atoms with van der Waals surface area (Å²) in [5.41, 5.74) is 15.8. The summed E-state index contributed by atoms with van der Waals surface area (Å²) in [5.74, 6) is 0.161. The van der Waals surface area contributed by atoms with E-state index in [1.807, 2.05) is 13.8 Å². The second-order valence-electron chi connectivity index (χ2n) is 5.54. The lowest BCUT2D eigenvalue weighted by Crippen LogP contribution is -2.15. The van der Waals surface area contributed by atoms with Crippen molar-refractivity contribution in [1.82, 2.24) is 0 Å². The lowest BCUT2D eigenvalue weighted by Gasteiger charge is -2.22. The monoisotopic (exact) mass is 328 g/mol. The molecular formula is C15H18Cl2N2O2. The molecule has 0 radical (unpaired) electrons. The van der Waals surface area contributed by atoms with E-state index in [0.717, 1.165) is 22.3 Å². The van der Waals surface area contributed by atoms with Crippen LogP contribution in [0.4, 0.5) is 11.4 Å². The second kappa shape index (κ2) is 5.20. The first kappa shape index (κ1) is 17.3. The average Bonchev–Trinajstić information content (AvgIpc) is 2.52. The van der Waals surface area contributed by atoms with E-state index in [-0.39, 0.29) is 41.7 Å². The largest absolute Gasteiger partial charge is 0.506 e. The van der Waals surface area contributed by atoms with E-state index in [4.69, 9.17) is 11.5 Å². The summed E-state index contributed by atoms with van der Waals surface area (Å²) in [6.45, 7) is 4.09. The Kier molecular flexibility index (Phi) is 4.28. The van der Waals surface area contributed by atoms with Gasteiger partial charge >= 0.3 is 0 Å². The van der Waals surface area contributed by atoms with Gasteiger partial charge in [0.05, 0.1) is 11.4 Å². The van der Waals surface area contributed by atoms with E-state index in [2.05, 4.69) is 0 Å². The Morgan fingerprint density at radius 1 is 0.762 bits per heavy atom. The molecule has 21 heavy (non-hydrogen) atoms. The summed E-state index contributed by atoms with van der Waals surface area (Å²) >= 11 is 0. The van der Waals surface area contributed by atoms with Gasteiger partial charge in [-0.1, -0.05) is 13.8 Å². The highest BCUT2D eigenvalue weighted by Crippen LogP contribution is 2.52. The molecule has 6 heteroatoms. The maximum absolute atomic E-state index is 9.80. The molecule has 0 bridgehead atoms. The first-order valence-electron chi connectivity index (χ1n) is 6.08. The lowest BCUT2D eigenvalue weighted by molar-refractivity contribution is 0.474. The number of nitrogens with two attached hydrogens (primary N) is 2. The average molecular weight is 329 g/mol. The van der Waals surface area contributed by atoms with Gasteiger partial charge in [-0.05, 0) is 46.5 Å². The molecule has 6 N–H and O–H groups in total. The zero-order chi connectivity index (χ0) is 13.9. The van der Waals surface area contributed by atoms with E-state index in [9.17, 15) is 10.2 Å². The maximum Gasteiger partial charge on any atom is 0.138 e. The molecule has 0 atom stereocenters. The van der Waals surface area contributed by atoms with Gasteiger partial charge in [0.15, 0.2) is 0 Å². The minimum absolute atomic E-state index is 0. The third kappa shape index (κ3) is 2.24. The second-order valence-corrected chi connectivity index (χ2v) is 5.54. The molecule has 4 nitrogen and oxygen atoms in total. The highest BCUT2D eigenvalue weighted by Gasteiger charge is 2.36. The SMILES string of the molecule is CC1(C)c2cc(O)c(N)cc2-c2cc(N)c(O)cc21.Cl.Cl. The van der Waals surface area contributed by atoms with Crippen LogP contribution in [-0.4, -0.2) is 10.2 Å². The Bertz CT molecular complexity index is 656. The van der Waals surface area contributed by atoms with Gasteiger partial charge in [-0.15, -0.1) is 24.8 Å². The van der Waals surface area contributed by atoms with Crippen LogP contribution in [0.15, 0.2) is 24.3 Å². The van der Waals surface area contributed by atoms with E-state index < -0.39 is 0 Å². The first-order valence-corrected chi connectivity index (χ1v) is 6.08. The predicted octanol–water partition coefficient (Wildman–Crippen LogP) is 3.41. The van der Waals surface area contributed by atoms with Crippen molar-refractivity contribution in [3.05, 3.63) is 35.4 Å². The molecule has 1 aliphatic carbocycles. The molecular weight excluding hydrogens is 311 g/mol. The molecule has 0 aliphatic heterocycles. The third-order valence-electron chi connectivity index (χ3n) is 3.97. The molecule has 0 spiro atoms. The van der Waals surface area contributed by atoms with Gasteiger partial charge in [0.2, 0.25) is 0 Å². The minimum Gasteiger partial charge on any atom is -0.506 e. The number of benzene rings is 2. The highest BCUT2D eigenvalue weighted by atomic mass is 35.5. The summed E-state index contributed by atoms with van der Waals surface area (Å²) in [5, 5.41) is 19.6. The number of phenolic OH excluding ortho intramolecular Hbond substituents is 2. The van der Waals surface area contributed by atoms with Crippen molar-refractivity contribution in [3.8, 4) is 22.6 Å². The molecule has 1 aliphatic rings. The molecule has 2 aromatic carbocycles. The Morgan fingerprint density at radius 2 is 1.10 bits per heavy atom. The zero-order valence-electron chi connectivity index (χ0n) is 11.7. The van der Waals surface area contributed by atoms with Crippen LogP contribution in [0.5, 0.6) is 11.5 Å². The van der Waals surface area contributed by atoms with Crippen molar-refractivity contribution in [2.45, 2.75) is 19.3 Å². The Labute approximate surface area is 135 Å². The summed E-state index contributed by atoms with van der Waals surface area (Å²) in [6, 6.07) is 6.90. The van der Waals surface area contributed by atoms with Crippen LogP contribution < -0.4 is 11.5 Å². The Morgan fingerprint density at radius 3 is 1.43 bits per heavy atom. The number of hydrogen-bond donors (Lipinski definition) is 4. The Balaban J connectivity index is 0.00000110. The third-order valence-corrected chi connectivity index (χ3v) is 3.97. The van der Waals surface area contributed by atoms with Crippen molar-refractivity contribution >= 4 is 36.2 Å². The molecule has 3 rings (SSSR count). The number of fused-ring (bicyclic) bond motifs is 3. The molecule has 0 saturated carbocycles. The molecule has 0 amide bonds. The molecule has 0 saturated heterocycles. The van der Waals surface area contributed by atoms with Gasteiger partial charge in [-0.3, -0.25) is 0 Å². The molecule has 114 valence electrons. The first-order chi connectivity index (χ1) is 8.82. The van der Waals surface area contributed by atoms with Crippen LogP contribution in [0.3, 0.4) is 0 Å². The van der Waals surface area contributed by atoms with Gasteiger partial charge in [-0.2, -0.15) is 0 Å². The number of aromatic hydroxyl groups is 2. The molecule has 0 aromatic heterocycles. The van der Waals surface area contributed by atoms with Crippen molar-refractivity contribution < 1.29 is 10.2 Å². The Hall–Kier alpha value is -1.78. The fourth-order valence-corrected chi connectivity index (χ4v) is 2.83. The maximum atomic E-state index is 9.80. The van der Waals surface area contributed by atoms with Gasteiger partial charge in [0.1, 0.15) is 11.5 Å². The number of anilines is 2. The van der Waals surface area contributed by atoms with Crippen LogP contribution >= 0.6 is 24.8 Å². The summed E-state index contributed by atoms with van der Waals surface area (Å²) in [6.07, 6.45) is 0. The van der Waals surface area contributed by atoms with E-state index >= 15 is 0 Å². The lowest BCUT2D eigenvalue weighted by atomic mass is 9.82. The van der Waals surface area contributed by atoms with E-state index in [0.29, 0.717) is 11.4 Å². The van der Waals surface area contributed by atoms with Crippen molar-refractivity contribution in [1.29, 1.82) is 0 Å². The highest BCUT2D eigenvalue weighted by molar-refractivity contribution is 5.87. The van der Waals surface area contributed by atoms with Crippen molar-refractivity contribution in [3.63, 3.8) is 0 Å². The van der Waals surface area contributed by atoms with Gasteiger partial charge in [0.25, 0.3) is 0 Å². The zero-order valence-corrected chi connectivity index (χ0v) is 13.3. The summed E-state index contributed by atoms with van der Waals surface area (Å²) < 4.78 is 0. The summed E-state index contributed by atoms with van der Waals surface area (Å²) in [4.78, 5) is 0. The van der Waals surface area contributed by atoms with E-state index in [1.165, 1.54) is 0 Å². The molecule has 0 heterocycles. The van der Waals surface area contributed by atoms with Crippen LogP contribution in [-0.2, 0) is 5.41 Å². The summed E-state index contributed by atoms with van der Waals surface area (Å²) in [7, 11) is 0. The molecule has 0 unspecified atom stereocenters. The standard InChI is InChI=1S/C15H16N2O2.2ClH/c1-15(2)9-5-13(18)11(16)3-7(9)8-4-12(17)14(19)6-10(8)15;;/h3-6,18-19H,16-17H2,1-2H3;2*1H. The normalized spacial score (nSPS) is 13.6. The number of hydrogen-bond acceptors (Lipinski definition) is 4. The number of phenols is 2. The van der Waals surface area contributed by atoms with E-state index in [1.54, 1.807) is 24.3 Å². The minimum atomic E-state index is -0.305. The van der Waals surface area contributed by atoms with Gasteiger partial charge in [-0.25, -0.2) is 0 Å². The van der Waals surface area contributed by atoms with Crippen LogP contribution in [0.1, 0.15) is 25.0 Å². The van der Waals surface area contributed by atoms with Crippen LogP contribution in [0.2, 0.25) is 0 Å². The smallest absolute Gasteiger partial charge is 0.138 e. The van der Waals surface area contributed by atoms with Gasteiger partial charge < -0.3 is 21.7 Å². The predicted molar refractivity (Wildman–Crippen MR) is 90.7 cm³/mol. The van der Waals surface area contributed by atoms with Crippen LogP contribution in [0.25, 0.3) is 11.1 Å². The number of rotatable bonds is 0. The number of halogens is 2.